The molecule has 0 spiro atoms. The number of carbonyl (C=O) groups is 3. The van der Waals surface area contributed by atoms with Crippen LogP contribution in [0, 0.1) is 12.8 Å². The van der Waals surface area contributed by atoms with Crippen molar-refractivity contribution in [3.8, 4) is 0 Å². The number of nitrogens with zero attached hydrogens (tertiary/aromatic N) is 1. The van der Waals surface area contributed by atoms with Gasteiger partial charge in [-0.3, -0.25) is 9.59 Å². The Balaban J connectivity index is 1.69. The van der Waals surface area contributed by atoms with E-state index in [1.807, 2.05) is 36.1 Å². The van der Waals surface area contributed by atoms with Crippen LogP contribution in [0.5, 0.6) is 0 Å². The van der Waals surface area contributed by atoms with E-state index in [2.05, 4.69) is 10.6 Å². The molecule has 0 radical (unpaired) electrons. The molecule has 3 N–H and O–H groups in total. The van der Waals surface area contributed by atoms with E-state index in [0.29, 0.717) is 32.4 Å². The number of unbranched alkanes of at least 4 members (excludes halogenated alkanes) is 1. The van der Waals surface area contributed by atoms with Crippen LogP contribution < -0.4 is 10.6 Å². The Hall–Kier alpha value is -2.57. The first kappa shape index (κ1) is 20.7. The van der Waals surface area contributed by atoms with Gasteiger partial charge in [-0.25, -0.2) is 4.79 Å². The van der Waals surface area contributed by atoms with Gasteiger partial charge in [-0.1, -0.05) is 17.7 Å². The summed E-state index contributed by atoms with van der Waals surface area (Å²) in [6.07, 6.45) is 3.53. The third-order valence-electron chi connectivity index (χ3n) is 4.76. The van der Waals surface area contributed by atoms with E-state index in [0.717, 1.165) is 30.6 Å². The summed E-state index contributed by atoms with van der Waals surface area (Å²) in [5.74, 6) is -0.504. The van der Waals surface area contributed by atoms with Crippen molar-refractivity contribution in [2.24, 2.45) is 5.92 Å². The Kier molecular flexibility index (Phi) is 8.10. The highest BCUT2D eigenvalue weighted by atomic mass is 16.4. The molecule has 7 heteroatoms. The number of carboxylic acids is 1. The number of hydrogen-bond acceptors (Lipinski definition) is 3. The normalized spacial score (nSPS) is 16.6. The number of nitrogens with one attached hydrogen (secondary N) is 2. The molecule has 1 aromatic carbocycles. The summed E-state index contributed by atoms with van der Waals surface area (Å²) in [5, 5.41) is 14.3. The Morgan fingerprint density at radius 1 is 1.15 bits per heavy atom. The lowest BCUT2D eigenvalue weighted by atomic mass is 9.97. The zero-order valence-electron chi connectivity index (χ0n) is 15.9. The summed E-state index contributed by atoms with van der Waals surface area (Å²) >= 11 is 0. The molecule has 0 aliphatic carbocycles. The molecule has 1 heterocycles. The predicted octanol–water partition coefficient (Wildman–Crippen LogP) is 3.00. The van der Waals surface area contributed by atoms with Gasteiger partial charge in [-0.2, -0.15) is 0 Å². The maximum Gasteiger partial charge on any atom is 0.319 e. The molecule has 0 saturated carbocycles. The quantitative estimate of drug-likeness (QED) is 0.608. The number of aliphatic carboxylic acids is 1. The Labute approximate surface area is 160 Å². The van der Waals surface area contributed by atoms with Gasteiger partial charge in [0.15, 0.2) is 0 Å². The van der Waals surface area contributed by atoms with Gasteiger partial charge in [0.25, 0.3) is 0 Å². The number of hydrogen-bond donors (Lipinski definition) is 3. The van der Waals surface area contributed by atoms with Crippen molar-refractivity contribution in [1.29, 1.82) is 0 Å². The molecule has 1 saturated heterocycles. The van der Waals surface area contributed by atoms with Gasteiger partial charge in [0, 0.05) is 38.2 Å². The lowest BCUT2D eigenvalue weighted by Crippen LogP contribution is -2.44. The Morgan fingerprint density at radius 2 is 1.85 bits per heavy atom. The molecule has 1 unspecified atom stereocenters. The van der Waals surface area contributed by atoms with Crippen molar-refractivity contribution >= 4 is 23.6 Å². The maximum atomic E-state index is 12.3. The van der Waals surface area contributed by atoms with E-state index in [1.54, 1.807) is 0 Å². The molecule has 1 aromatic rings. The lowest BCUT2D eigenvalue weighted by Gasteiger charge is -2.33. The van der Waals surface area contributed by atoms with Gasteiger partial charge < -0.3 is 20.6 Å². The summed E-state index contributed by atoms with van der Waals surface area (Å²) in [5.41, 5.74) is 1.88. The highest BCUT2D eigenvalue weighted by Gasteiger charge is 2.23. The molecule has 1 aliphatic heterocycles. The average molecular weight is 375 g/mol. The number of amides is 3. The van der Waals surface area contributed by atoms with Crippen molar-refractivity contribution in [2.45, 2.75) is 45.4 Å². The van der Waals surface area contributed by atoms with Crippen LogP contribution >= 0.6 is 0 Å². The molecule has 1 fully saturated rings. The number of carboxylic acid groups (broad SMARTS) is 1. The Morgan fingerprint density at radius 3 is 2.56 bits per heavy atom. The summed E-state index contributed by atoms with van der Waals surface area (Å²) in [6, 6.07) is 7.37. The van der Waals surface area contributed by atoms with E-state index < -0.39 is 5.97 Å². The first-order valence-corrected chi connectivity index (χ1v) is 9.55. The molecular weight excluding hydrogens is 346 g/mol. The van der Waals surface area contributed by atoms with Gasteiger partial charge in [-0.05, 0) is 50.7 Å². The number of piperidine rings is 1. The number of carbonyl (C=O) groups excluding carboxylic acids is 2. The highest BCUT2D eigenvalue weighted by Crippen LogP contribution is 2.17. The maximum absolute atomic E-state index is 12.3. The van der Waals surface area contributed by atoms with Crippen LogP contribution in [0.4, 0.5) is 10.5 Å². The second-order valence-corrected chi connectivity index (χ2v) is 7.15. The number of rotatable bonds is 8. The minimum Gasteiger partial charge on any atom is -0.481 e. The molecular formula is C20H29N3O4. The van der Waals surface area contributed by atoms with Crippen LogP contribution in [-0.2, 0) is 9.59 Å². The van der Waals surface area contributed by atoms with Gasteiger partial charge in [-0.15, -0.1) is 0 Å². The predicted molar refractivity (Wildman–Crippen MR) is 104 cm³/mol. The third-order valence-corrected chi connectivity index (χ3v) is 4.76. The van der Waals surface area contributed by atoms with E-state index in [9.17, 15) is 14.4 Å². The SMILES string of the molecule is Cc1ccc(NC(=O)NCC2CCCN(C(=O)CCCCC(=O)O)C2)cc1. The summed E-state index contributed by atoms with van der Waals surface area (Å²) < 4.78 is 0. The fourth-order valence-corrected chi connectivity index (χ4v) is 3.22. The van der Waals surface area contributed by atoms with Crippen molar-refractivity contribution in [2.75, 3.05) is 25.0 Å². The van der Waals surface area contributed by atoms with Gasteiger partial charge >= 0.3 is 12.0 Å². The van der Waals surface area contributed by atoms with Gasteiger partial charge in [0.1, 0.15) is 0 Å². The largest absolute Gasteiger partial charge is 0.481 e. The molecule has 7 nitrogen and oxygen atoms in total. The summed E-state index contributed by atoms with van der Waals surface area (Å²) in [4.78, 5) is 36.7. The van der Waals surface area contributed by atoms with E-state index in [1.165, 1.54) is 0 Å². The fraction of sp³-hybridized carbons (Fsp3) is 0.550. The number of benzene rings is 1. The van der Waals surface area contributed by atoms with Crippen LogP contribution in [0.25, 0.3) is 0 Å². The molecule has 2 rings (SSSR count). The summed E-state index contributed by atoms with van der Waals surface area (Å²) in [6.45, 7) is 3.90. The standard InChI is InChI=1S/C20H29N3O4/c1-15-8-10-17(11-9-15)22-20(27)21-13-16-5-4-12-23(14-16)18(24)6-2-3-7-19(25)26/h8-11,16H,2-7,12-14H2,1H3,(H,25,26)(H2,21,22,27). The molecule has 3 amide bonds. The van der Waals surface area contributed by atoms with E-state index in [-0.39, 0.29) is 24.3 Å². The number of likely N-dealkylation sites (tertiary alicyclic amines) is 1. The lowest BCUT2D eigenvalue weighted by molar-refractivity contribution is -0.138. The third kappa shape index (κ3) is 7.68. The topological polar surface area (TPSA) is 98.7 Å². The molecule has 27 heavy (non-hydrogen) atoms. The van der Waals surface area contributed by atoms with Crippen LogP contribution in [0.1, 0.15) is 44.1 Å². The van der Waals surface area contributed by atoms with E-state index in [4.69, 9.17) is 5.11 Å². The van der Waals surface area contributed by atoms with Crippen LogP contribution in [-0.4, -0.2) is 47.5 Å². The highest BCUT2D eigenvalue weighted by molar-refractivity contribution is 5.89. The van der Waals surface area contributed by atoms with Gasteiger partial charge in [0.05, 0.1) is 0 Å². The van der Waals surface area contributed by atoms with Crippen molar-refractivity contribution in [3.05, 3.63) is 29.8 Å². The zero-order chi connectivity index (χ0) is 19.6. The van der Waals surface area contributed by atoms with Crippen LogP contribution in [0.3, 0.4) is 0 Å². The number of anilines is 1. The van der Waals surface area contributed by atoms with Crippen molar-refractivity contribution < 1.29 is 19.5 Å². The minimum atomic E-state index is -0.824. The molecule has 0 aromatic heterocycles. The van der Waals surface area contributed by atoms with Crippen molar-refractivity contribution in [1.82, 2.24) is 10.2 Å². The second-order valence-electron chi connectivity index (χ2n) is 7.15. The molecule has 148 valence electrons. The monoisotopic (exact) mass is 375 g/mol. The van der Waals surface area contributed by atoms with Crippen LogP contribution in [0.2, 0.25) is 0 Å². The number of urea groups is 1. The zero-order valence-corrected chi connectivity index (χ0v) is 15.9. The fourth-order valence-electron chi connectivity index (χ4n) is 3.22. The first-order valence-electron chi connectivity index (χ1n) is 9.55. The molecule has 1 atom stereocenters. The average Bonchev–Trinajstić information content (AvgIpc) is 2.65. The van der Waals surface area contributed by atoms with E-state index >= 15 is 0 Å². The number of aryl methyl sites for hydroxylation is 1. The second kappa shape index (κ2) is 10.5. The van der Waals surface area contributed by atoms with Crippen LogP contribution in [0.15, 0.2) is 24.3 Å². The minimum absolute atomic E-state index is 0.0780. The Bertz CT molecular complexity index is 645. The molecule has 1 aliphatic rings. The smallest absolute Gasteiger partial charge is 0.319 e. The van der Waals surface area contributed by atoms with Gasteiger partial charge in [0.2, 0.25) is 5.91 Å². The summed E-state index contributed by atoms with van der Waals surface area (Å²) in [7, 11) is 0. The first-order chi connectivity index (χ1) is 12.9. The van der Waals surface area contributed by atoms with Crippen molar-refractivity contribution in [3.63, 3.8) is 0 Å². The molecule has 0 bridgehead atoms.